The summed E-state index contributed by atoms with van der Waals surface area (Å²) in [6.07, 6.45) is 1.17. The van der Waals surface area contributed by atoms with Crippen LogP contribution in [0.15, 0.2) is 108 Å². The summed E-state index contributed by atoms with van der Waals surface area (Å²) in [6, 6.07) is 20.5. The van der Waals surface area contributed by atoms with E-state index in [1.165, 1.54) is 22.9 Å². The number of aromatic hydroxyl groups is 2. The summed E-state index contributed by atoms with van der Waals surface area (Å²) in [7, 11) is 0. The van der Waals surface area contributed by atoms with Crippen molar-refractivity contribution in [3.8, 4) is 11.5 Å². The molecule has 2 amide bonds. The van der Waals surface area contributed by atoms with Crippen LogP contribution in [0, 0.1) is 0 Å². The number of nitrogens with two attached hydrogens (primary N) is 1. The van der Waals surface area contributed by atoms with E-state index in [-0.39, 0.29) is 31.6 Å². The van der Waals surface area contributed by atoms with Gasteiger partial charge in [-0.25, -0.2) is 0 Å². The number of carbonyl (C=O) groups excluding carboxylic acids is 2. The minimum Gasteiger partial charge on any atom is -0.508 e. The van der Waals surface area contributed by atoms with Crippen molar-refractivity contribution in [3.63, 3.8) is 0 Å². The lowest BCUT2D eigenvalue weighted by Gasteiger charge is -2.30. The third-order valence-corrected chi connectivity index (χ3v) is 7.67. The molecule has 1 heterocycles. The van der Waals surface area contributed by atoms with Gasteiger partial charge in [-0.15, -0.1) is 0 Å². The zero-order valence-corrected chi connectivity index (χ0v) is 26.0. The Hall–Kier alpha value is -5.50. The molecule has 4 rings (SSSR count). The molecular weight excluding hydrogens is 618 g/mol. The van der Waals surface area contributed by atoms with Crippen molar-refractivity contribution in [1.29, 1.82) is 0 Å². The Morgan fingerprint density at radius 3 is 1.88 bits per heavy atom. The third kappa shape index (κ3) is 10.5. The first-order chi connectivity index (χ1) is 23.0. The number of nitrogens with one attached hydrogen (secondary N) is 3. The van der Waals surface area contributed by atoms with Crippen LogP contribution in [0.25, 0.3) is 0 Å². The van der Waals surface area contributed by atoms with Gasteiger partial charge in [0.1, 0.15) is 30.1 Å². The predicted molar refractivity (Wildman–Crippen MR) is 177 cm³/mol. The molecule has 0 aliphatic rings. The highest BCUT2D eigenvalue weighted by Crippen LogP contribution is 2.13. The summed E-state index contributed by atoms with van der Waals surface area (Å²) >= 11 is 0. The number of nitrogens with zero attached hydrogens (tertiary/aromatic N) is 1. The summed E-state index contributed by atoms with van der Waals surface area (Å²) in [6.45, 7) is -0.101. The van der Waals surface area contributed by atoms with Crippen molar-refractivity contribution in [1.82, 2.24) is 20.5 Å². The summed E-state index contributed by atoms with van der Waals surface area (Å²) in [5.74, 6) is -3.03. The minimum atomic E-state index is -1.53. The summed E-state index contributed by atoms with van der Waals surface area (Å²) in [4.78, 5) is 50.8. The Labute approximate surface area is 276 Å². The van der Waals surface area contributed by atoms with Crippen molar-refractivity contribution in [2.24, 2.45) is 5.73 Å². The minimum absolute atomic E-state index is 0.0173. The fourth-order valence-electron chi connectivity index (χ4n) is 5.07. The van der Waals surface area contributed by atoms with Crippen molar-refractivity contribution >= 4 is 17.8 Å². The molecule has 0 bridgehead atoms. The molecule has 0 aliphatic heterocycles. The number of hydrogen-bond acceptors (Lipinski definition) is 9. The van der Waals surface area contributed by atoms with Crippen molar-refractivity contribution < 1.29 is 34.8 Å². The Morgan fingerprint density at radius 1 is 0.729 bits per heavy atom. The monoisotopic (exact) mass is 657 g/mol. The average Bonchev–Trinajstić information content (AvgIpc) is 3.07. The maximum absolute atomic E-state index is 13.9. The molecular formula is C35H39N5O8. The molecule has 0 saturated carbocycles. The number of aliphatic hydroxyl groups is 1. The molecule has 13 nitrogen and oxygen atoms in total. The van der Waals surface area contributed by atoms with Crippen LogP contribution in [0.1, 0.15) is 16.7 Å². The highest BCUT2D eigenvalue weighted by Gasteiger charge is 2.31. The lowest BCUT2D eigenvalue weighted by Crippen LogP contribution is -2.60. The molecule has 0 aliphatic carbocycles. The van der Waals surface area contributed by atoms with E-state index in [0.29, 0.717) is 5.56 Å². The molecule has 0 fully saturated rings. The van der Waals surface area contributed by atoms with E-state index in [9.17, 15) is 39.6 Å². The van der Waals surface area contributed by atoms with E-state index in [4.69, 9.17) is 5.73 Å². The first-order valence-electron chi connectivity index (χ1n) is 15.3. The number of aliphatic carboxylic acids is 1. The summed E-state index contributed by atoms with van der Waals surface area (Å²) < 4.78 is 1.38. The number of hydrogen-bond donors (Lipinski definition) is 8. The molecule has 0 radical (unpaired) electrons. The molecule has 9 N–H and O–H groups in total. The lowest BCUT2D eigenvalue weighted by molar-refractivity contribution is -0.140. The topological polar surface area (TPSA) is 216 Å². The van der Waals surface area contributed by atoms with E-state index in [0.717, 1.165) is 23.4 Å². The van der Waals surface area contributed by atoms with E-state index < -0.39 is 59.4 Å². The Morgan fingerprint density at radius 2 is 1.29 bits per heavy atom. The smallest absolute Gasteiger partial charge is 0.321 e. The Bertz CT molecular complexity index is 1720. The maximum Gasteiger partial charge on any atom is 0.321 e. The largest absolute Gasteiger partial charge is 0.508 e. The van der Waals surface area contributed by atoms with Crippen LogP contribution in [0.3, 0.4) is 0 Å². The van der Waals surface area contributed by atoms with Gasteiger partial charge in [0.15, 0.2) is 5.75 Å². The Balaban J connectivity index is 1.54. The molecule has 48 heavy (non-hydrogen) atoms. The molecule has 0 saturated heterocycles. The number of rotatable bonds is 16. The molecule has 4 aromatic rings. The van der Waals surface area contributed by atoms with Crippen LogP contribution in [-0.2, 0) is 40.2 Å². The second-order valence-electron chi connectivity index (χ2n) is 11.4. The number of benzene rings is 3. The molecule has 13 heteroatoms. The number of carboxylic acids is 1. The van der Waals surface area contributed by atoms with E-state index in [1.807, 2.05) is 12.1 Å². The third-order valence-electron chi connectivity index (χ3n) is 7.67. The van der Waals surface area contributed by atoms with E-state index in [2.05, 4.69) is 16.0 Å². The molecule has 5 atom stereocenters. The van der Waals surface area contributed by atoms with Crippen molar-refractivity contribution in [2.75, 3.05) is 0 Å². The van der Waals surface area contributed by atoms with Gasteiger partial charge in [-0.2, -0.15) is 0 Å². The van der Waals surface area contributed by atoms with Gasteiger partial charge in [-0.1, -0.05) is 72.8 Å². The Kier molecular flexibility index (Phi) is 12.4. The van der Waals surface area contributed by atoms with Gasteiger partial charge < -0.3 is 41.4 Å². The quantitative estimate of drug-likeness (QED) is 0.0787. The van der Waals surface area contributed by atoms with Crippen LogP contribution in [0.2, 0.25) is 0 Å². The van der Waals surface area contributed by atoms with E-state index in [1.54, 1.807) is 60.7 Å². The number of pyridine rings is 1. The number of carboxylic acid groups (broad SMARTS) is 1. The van der Waals surface area contributed by atoms with Crippen LogP contribution >= 0.6 is 0 Å². The van der Waals surface area contributed by atoms with Crippen LogP contribution < -0.4 is 27.1 Å². The standard InChI is InChI=1S/C35H39N5O8/c36-26(20-40-16-15-30(42)31(43)21-40)32(44)37-27(17-22-7-3-1-4-8-22)33(45)38-28(18-23-9-5-2-6-10-23)34(46)39-29(35(47)48)19-24-11-13-25(41)14-12-24/h1-16,21,26-29,34,39,41,43,46H,17-20,36H2,(H,37,44)(H,38,45)(H,47,48)/t26-,27-,28-,29-,34?/m0/s1. The number of phenolic OH excluding ortho intramolecular Hbond substituents is 1. The SMILES string of the molecule is N[C@@H](Cn1ccc(=O)c(O)c1)C(=O)N[C@@H](Cc1ccccc1)C(=O)N[C@@H](Cc1ccccc1)C(O)N[C@@H](Cc1ccc(O)cc1)C(=O)O. The van der Waals surface area contributed by atoms with Gasteiger partial charge in [0.25, 0.3) is 0 Å². The van der Waals surface area contributed by atoms with Gasteiger partial charge in [-0.3, -0.25) is 24.5 Å². The zero-order chi connectivity index (χ0) is 34.6. The number of amides is 2. The predicted octanol–water partition coefficient (Wildman–Crippen LogP) is 0.646. The highest BCUT2D eigenvalue weighted by atomic mass is 16.4. The fourth-order valence-corrected chi connectivity index (χ4v) is 5.07. The van der Waals surface area contributed by atoms with Gasteiger partial charge in [0, 0.05) is 31.4 Å². The van der Waals surface area contributed by atoms with Gasteiger partial charge >= 0.3 is 5.97 Å². The second-order valence-corrected chi connectivity index (χ2v) is 11.4. The molecule has 0 spiro atoms. The number of aliphatic hydroxyl groups excluding tert-OH is 1. The summed E-state index contributed by atoms with van der Waals surface area (Å²) in [5.41, 5.74) is 7.64. The molecule has 1 unspecified atom stereocenters. The van der Waals surface area contributed by atoms with Crippen molar-refractivity contribution in [3.05, 3.63) is 130 Å². The number of phenols is 1. The molecule has 1 aromatic heterocycles. The van der Waals surface area contributed by atoms with Gasteiger partial charge in [-0.05, 0) is 41.7 Å². The summed E-state index contributed by atoms with van der Waals surface area (Å²) in [5, 5.41) is 48.8. The van der Waals surface area contributed by atoms with Crippen LogP contribution in [-0.4, -0.2) is 73.2 Å². The number of carbonyl (C=O) groups is 3. The normalized spacial score (nSPS) is 14.2. The zero-order valence-electron chi connectivity index (χ0n) is 26.0. The maximum atomic E-state index is 13.9. The first kappa shape index (κ1) is 35.4. The molecule has 3 aromatic carbocycles. The van der Waals surface area contributed by atoms with Gasteiger partial charge in [0.2, 0.25) is 17.2 Å². The highest BCUT2D eigenvalue weighted by molar-refractivity contribution is 5.90. The van der Waals surface area contributed by atoms with Crippen LogP contribution in [0.4, 0.5) is 0 Å². The van der Waals surface area contributed by atoms with Crippen molar-refractivity contribution in [2.45, 2.75) is 56.2 Å². The average molecular weight is 658 g/mol. The number of aromatic nitrogens is 1. The van der Waals surface area contributed by atoms with E-state index >= 15 is 0 Å². The van der Waals surface area contributed by atoms with Crippen LogP contribution in [0.5, 0.6) is 11.5 Å². The first-order valence-corrected chi connectivity index (χ1v) is 15.3. The molecule has 252 valence electrons. The lowest BCUT2D eigenvalue weighted by atomic mass is 10.0. The van der Waals surface area contributed by atoms with Gasteiger partial charge in [0.05, 0.1) is 6.04 Å². The second kappa shape index (κ2) is 16.9. The fraction of sp³-hybridized carbons (Fsp3) is 0.257.